The molecule has 0 bridgehead atoms. The SMILES string of the molecule is Cc1cccc(C(=O)N(C)Cc2c(C)nn(C3CCS(=O)(=O)C3)c2C)n1. The highest BCUT2D eigenvalue weighted by Crippen LogP contribution is 2.27. The molecule has 8 heteroatoms. The first kappa shape index (κ1) is 18.6. The van der Waals surface area contributed by atoms with Gasteiger partial charge in [0.05, 0.1) is 23.2 Å². The number of pyridine rings is 1. The maximum absolute atomic E-state index is 12.6. The average Bonchev–Trinajstić information content (AvgIpc) is 3.07. The van der Waals surface area contributed by atoms with Gasteiger partial charge in [0, 0.05) is 30.5 Å². The second-order valence-corrected chi connectivity index (χ2v) is 9.20. The van der Waals surface area contributed by atoms with E-state index in [0.717, 1.165) is 22.6 Å². The van der Waals surface area contributed by atoms with Crippen molar-refractivity contribution in [2.24, 2.45) is 0 Å². The Morgan fingerprint density at radius 3 is 2.65 bits per heavy atom. The van der Waals surface area contributed by atoms with Crippen LogP contribution in [-0.2, 0) is 16.4 Å². The van der Waals surface area contributed by atoms with Gasteiger partial charge in [0.25, 0.3) is 5.91 Å². The number of hydrogen-bond acceptors (Lipinski definition) is 5. The van der Waals surface area contributed by atoms with E-state index < -0.39 is 9.84 Å². The molecule has 2 aromatic rings. The van der Waals surface area contributed by atoms with Crippen LogP contribution in [0.15, 0.2) is 18.2 Å². The first-order valence-electron chi connectivity index (χ1n) is 8.62. The summed E-state index contributed by atoms with van der Waals surface area (Å²) in [4.78, 5) is 18.5. The van der Waals surface area contributed by atoms with Crippen molar-refractivity contribution in [1.82, 2.24) is 19.7 Å². The average molecular weight is 376 g/mol. The first-order chi connectivity index (χ1) is 12.2. The van der Waals surface area contributed by atoms with E-state index in [1.807, 2.05) is 37.6 Å². The van der Waals surface area contributed by atoms with E-state index in [2.05, 4.69) is 10.1 Å². The number of nitrogens with zero attached hydrogens (tertiary/aromatic N) is 4. The van der Waals surface area contributed by atoms with E-state index in [1.54, 1.807) is 18.0 Å². The van der Waals surface area contributed by atoms with Gasteiger partial charge in [-0.3, -0.25) is 9.48 Å². The van der Waals surface area contributed by atoms with Crippen molar-refractivity contribution in [2.75, 3.05) is 18.6 Å². The summed E-state index contributed by atoms with van der Waals surface area (Å²) < 4.78 is 25.4. The molecular formula is C18H24N4O3S. The lowest BCUT2D eigenvalue weighted by atomic mass is 10.1. The summed E-state index contributed by atoms with van der Waals surface area (Å²) >= 11 is 0. The fourth-order valence-corrected chi connectivity index (χ4v) is 5.11. The molecule has 2 aromatic heterocycles. The molecule has 1 unspecified atom stereocenters. The third kappa shape index (κ3) is 3.65. The van der Waals surface area contributed by atoms with Crippen LogP contribution in [0.5, 0.6) is 0 Å². The fourth-order valence-electron chi connectivity index (χ4n) is 3.42. The Morgan fingerprint density at radius 1 is 1.31 bits per heavy atom. The zero-order chi connectivity index (χ0) is 19.1. The van der Waals surface area contributed by atoms with Crippen molar-refractivity contribution in [2.45, 2.75) is 39.8 Å². The van der Waals surface area contributed by atoms with E-state index in [4.69, 9.17) is 0 Å². The van der Waals surface area contributed by atoms with E-state index in [9.17, 15) is 13.2 Å². The molecule has 1 aliphatic rings. The Labute approximate surface area is 154 Å². The first-order valence-corrected chi connectivity index (χ1v) is 10.4. The number of rotatable bonds is 4. The molecule has 0 aromatic carbocycles. The Hall–Kier alpha value is -2.22. The minimum Gasteiger partial charge on any atom is -0.336 e. The van der Waals surface area contributed by atoms with Crippen molar-refractivity contribution in [3.05, 3.63) is 46.5 Å². The second kappa shape index (κ2) is 6.83. The van der Waals surface area contributed by atoms with Gasteiger partial charge < -0.3 is 4.90 Å². The van der Waals surface area contributed by atoms with Crippen LogP contribution in [0.1, 0.15) is 45.6 Å². The molecule has 0 aliphatic carbocycles. The van der Waals surface area contributed by atoms with Gasteiger partial charge in [0.1, 0.15) is 5.69 Å². The van der Waals surface area contributed by atoms with Crippen molar-refractivity contribution in [3.63, 3.8) is 0 Å². The molecule has 3 rings (SSSR count). The standard InChI is InChI=1S/C18H24N4O3S/c1-12-6-5-7-17(19-12)18(23)21(4)10-16-13(2)20-22(14(16)3)15-8-9-26(24,25)11-15/h5-7,15H,8-11H2,1-4H3. The number of amides is 1. The van der Waals surface area contributed by atoms with Gasteiger partial charge in [-0.25, -0.2) is 13.4 Å². The Morgan fingerprint density at radius 2 is 2.04 bits per heavy atom. The molecule has 0 spiro atoms. The summed E-state index contributed by atoms with van der Waals surface area (Å²) in [7, 11) is -1.24. The van der Waals surface area contributed by atoms with E-state index in [0.29, 0.717) is 18.7 Å². The van der Waals surface area contributed by atoms with Crippen LogP contribution in [0.2, 0.25) is 0 Å². The molecule has 1 amide bonds. The van der Waals surface area contributed by atoms with Gasteiger partial charge in [-0.1, -0.05) is 6.07 Å². The van der Waals surface area contributed by atoms with Crippen molar-refractivity contribution >= 4 is 15.7 Å². The Balaban J connectivity index is 1.81. The predicted octanol–water partition coefficient (Wildman–Crippen LogP) is 1.84. The van der Waals surface area contributed by atoms with Crippen LogP contribution >= 0.6 is 0 Å². The monoisotopic (exact) mass is 376 g/mol. The maximum Gasteiger partial charge on any atom is 0.272 e. The maximum atomic E-state index is 12.6. The number of sulfone groups is 1. The minimum atomic E-state index is -2.97. The summed E-state index contributed by atoms with van der Waals surface area (Å²) in [6.07, 6.45) is 0.589. The lowest BCUT2D eigenvalue weighted by Crippen LogP contribution is -2.27. The lowest BCUT2D eigenvalue weighted by Gasteiger charge is -2.18. The molecule has 7 nitrogen and oxygen atoms in total. The summed E-state index contributed by atoms with van der Waals surface area (Å²) in [5.41, 5.74) is 3.91. The highest BCUT2D eigenvalue weighted by Gasteiger charge is 2.31. The summed E-state index contributed by atoms with van der Waals surface area (Å²) in [6.45, 7) is 6.09. The molecule has 1 atom stereocenters. The van der Waals surface area contributed by atoms with Gasteiger partial charge in [-0.15, -0.1) is 0 Å². The van der Waals surface area contributed by atoms with Gasteiger partial charge >= 0.3 is 0 Å². The van der Waals surface area contributed by atoms with Gasteiger partial charge in [0.15, 0.2) is 9.84 Å². The zero-order valence-corrected chi connectivity index (χ0v) is 16.4. The second-order valence-electron chi connectivity index (χ2n) is 6.98. The third-order valence-corrected chi connectivity index (χ3v) is 6.63. The smallest absolute Gasteiger partial charge is 0.272 e. The van der Waals surface area contributed by atoms with Crippen LogP contribution in [0, 0.1) is 20.8 Å². The van der Waals surface area contributed by atoms with E-state index in [-0.39, 0.29) is 23.5 Å². The van der Waals surface area contributed by atoms with E-state index in [1.165, 1.54) is 0 Å². The van der Waals surface area contributed by atoms with Crippen molar-refractivity contribution in [3.8, 4) is 0 Å². The number of hydrogen-bond donors (Lipinski definition) is 0. The summed E-state index contributed by atoms with van der Waals surface area (Å²) in [5, 5.41) is 4.56. The van der Waals surface area contributed by atoms with Gasteiger partial charge in [-0.2, -0.15) is 5.10 Å². The predicted molar refractivity (Wildman–Crippen MR) is 98.8 cm³/mol. The molecule has 1 saturated heterocycles. The molecule has 1 fully saturated rings. The zero-order valence-electron chi connectivity index (χ0n) is 15.6. The lowest BCUT2D eigenvalue weighted by molar-refractivity contribution is 0.0778. The number of carbonyl (C=O) groups is 1. The van der Waals surface area contributed by atoms with Gasteiger partial charge in [-0.05, 0) is 39.3 Å². The highest BCUT2D eigenvalue weighted by molar-refractivity contribution is 7.91. The largest absolute Gasteiger partial charge is 0.336 e. The molecule has 0 N–H and O–H groups in total. The molecular weight excluding hydrogens is 352 g/mol. The molecule has 1 aliphatic heterocycles. The van der Waals surface area contributed by atoms with Crippen molar-refractivity contribution < 1.29 is 13.2 Å². The number of carbonyl (C=O) groups excluding carboxylic acids is 1. The fraction of sp³-hybridized carbons (Fsp3) is 0.500. The highest BCUT2D eigenvalue weighted by atomic mass is 32.2. The van der Waals surface area contributed by atoms with Crippen LogP contribution in [0.4, 0.5) is 0 Å². The van der Waals surface area contributed by atoms with Crippen LogP contribution in [0.3, 0.4) is 0 Å². The van der Waals surface area contributed by atoms with Crippen LogP contribution in [0.25, 0.3) is 0 Å². The minimum absolute atomic E-state index is 0.119. The number of aromatic nitrogens is 3. The topological polar surface area (TPSA) is 85.2 Å². The summed E-state index contributed by atoms with van der Waals surface area (Å²) in [5.74, 6) is 0.197. The Kier molecular flexibility index (Phi) is 4.88. The molecule has 3 heterocycles. The third-order valence-electron chi connectivity index (χ3n) is 4.88. The van der Waals surface area contributed by atoms with E-state index >= 15 is 0 Å². The summed E-state index contributed by atoms with van der Waals surface area (Å²) in [6, 6.07) is 5.26. The van der Waals surface area contributed by atoms with Crippen molar-refractivity contribution in [1.29, 1.82) is 0 Å². The van der Waals surface area contributed by atoms with Gasteiger partial charge in [0.2, 0.25) is 0 Å². The molecule has 0 radical (unpaired) electrons. The Bertz CT molecular complexity index is 949. The quantitative estimate of drug-likeness (QED) is 0.813. The molecule has 140 valence electrons. The molecule has 26 heavy (non-hydrogen) atoms. The van der Waals surface area contributed by atoms with Crippen LogP contribution in [-0.4, -0.2) is 52.5 Å². The normalized spacial score (nSPS) is 18.8. The van der Waals surface area contributed by atoms with Crippen LogP contribution < -0.4 is 0 Å². The molecule has 0 saturated carbocycles. The number of aryl methyl sites for hydroxylation is 2.